The number of rotatable bonds is 5. The summed E-state index contributed by atoms with van der Waals surface area (Å²) in [5, 5.41) is 9.15. The number of hydrogen-bond acceptors (Lipinski definition) is 4. The van der Waals surface area contributed by atoms with E-state index in [2.05, 4.69) is 40.9 Å². The zero-order valence-corrected chi connectivity index (χ0v) is 13.8. The predicted molar refractivity (Wildman–Crippen MR) is 90.2 cm³/mol. The highest BCUT2D eigenvalue weighted by Gasteiger charge is 2.14. The molecule has 6 heteroatoms. The van der Waals surface area contributed by atoms with E-state index >= 15 is 0 Å². The number of pyridine rings is 1. The average molecular weight is 313 g/mol. The lowest BCUT2D eigenvalue weighted by atomic mass is 10.2. The van der Waals surface area contributed by atoms with Gasteiger partial charge in [0, 0.05) is 29.8 Å². The molecule has 0 unspecified atom stereocenters. The van der Waals surface area contributed by atoms with E-state index in [1.807, 2.05) is 29.2 Å². The summed E-state index contributed by atoms with van der Waals surface area (Å²) in [6.45, 7) is 4.29. The third-order valence-corrected chi connectivity index (χ3v) is 3.94. The third kappa shape index (κ3) is 2.92. The van der Waals surface area contributed by atoms with Crippen molar-refractivity contribution in [2.45, 2.75) is 25.6 Å². The van der Waals surface area contributed by atoms with Crippen molar-refractivity contribution >= 4 is 11.8 Å². The van der Waals surface area contributed by atoms with Crippen LogP contribution in [-0.2, 0) is 5.75 Å². The van der Waals surface area contributed by atoms with Gasteiger partial charge in [-0.1, -0.05) is 0 Å². The molecule has 114 valence electrons. The van der Waals surface area contributed by atoms with Crippen molar-refractivity contribution in [2.75, 3.05) is 6.26 Å². The van der Waals surface area contributed by atoms with Crippen LogP contribution in [0, 0.1) is 0 Å². The Labute approximate surface area is 134 Å². The van der Waals surface area contributed by atoms with Crippen LogP contribution in [0.25, 0.3) is 16.9 Å². The highest BCUT2D eigenvalue weighted by atomic mass is 32.2. The van der Waals surface area contributed by atoms with Crippen LogP contribution in [0.1, 0.15) is 25.6 Å². The van der Waals surface area contributed by atoms with E-state index in [9.17, 15) is 0 Å². The second kappa shape index (κ2) is 6.36. The normalized spacial score (nSPS) is 11.3. The molecule has 0 spiro atoms. The van der Waals surface area contributed by atoms with Crippen molar-refractivity contribution in [3.63, 3.8) is 0 Å². The molecule has 0 saturated carbocycles. The molecule has 0 atom stereocenters. The molecule has 3 heterocycles. The smallest absolute Gasteiger partial charge is 0.0828 e. The lowest BCUT2D eigenvalue weighted by Crippen LogP contribution is -2.05. The van der Waals surface area contributed by atoms with E-state index in [4.69, 9.17) is 5.10 Å². The van der Waals surface area contributed by atoms with Crippen molar-refractivity contribution in [3.05, 3.63) is 48.7 Å². The van der Waals surface area contributed by atoms with Gasteiger partial charge in [0.1, 0.15) is 0 Å². The first kappa shape index (κ1) is 14.8. The molecule has 0 saturated heterocycles. The van der Waals surface area contributed by atoms with Crippen LogP contribution < -0.4 is 0 Å². The summed E-state index contributed by atoms with van der Waals surface area (Å²) < 4.78 is 3.91. The monoisotopic (exact) mass is 313 g/mol. The van der Waals surface area contributed by atoms with E-state index in [1.54, 1.807) is 24.2 Å². The number of nitrogens with zero attached hydrogens (tertiary/aromatic N) is 5. The molecule has 0 fully saturated rings. The SMILES string of the molecule is CSCc1cc(-c2cnn(-c3cccnc3)c2)n(C(C)C)n1. The second-order valence-corrected chi connectivity index (χ2v) is 6.24. The molecule has 3 rings (SSSR count). The Bertz CT molecular complexity index is 745. The molecule has 5 nitrogen and oxygen atoms in total. The standard InChI is InChI=1S/C16H19N5S/c1-12(2)21-16(7-14(19-21)11-22-3)13-8-18-20(10-13)15-5-4-6-17-9-15/h4-10,12H,11H2,1-3H3. The second-order valence-electron chi connectivity index (χ2n) is 5.38. The molecule has 0 radical (unpaired) electrons. The molecule has 0 amide bonds. The van der Waals surface area contributed by atoms with Gasteiger partial charge in [-0.15, -0.1) is 0 Å². The van der Waals surface area contributed by atoms with Crippen LogP contribution in [0.15, 0.2) is 43.0 Å². The minimum Gasteiger partial charge on any atom is -0.262 e. The summed E-state index contributed by atoms with van der Waals surface area (Å²) in [5.41, 5.74) is 4.23. The van der Waals surface area contributed by atoms with Crippen molar-refractivity contribution in [1.82, 2.24) is 24.5 Å². The Morgan fingerprint density at radius 3 is 2.82 bits per heavy atom. The fraction of sp³-hybridized carbons (Fsp3) is 0.312. The van der Waals surface area contributed by atoms with E-state index in [0.717, 1.165) is 28.4 Å². The highest BCUT2D eigenvalue weighted by molar-refractivity contribution is 7.97. The van der Waals surface area contributed by atoms with Crippen LogP contribution in [0.5, 0.6) is 0 Å². The Morgan fingerprint density at radius 2 is 2.14 bits per heavy atom. The number of thioether (sulfide) groups is 1. The van der Waals surface area contributed by atoms with Crippen molar-refractivity contribution in [3.8, 4) is 16.9 Å². The molecule has 0 aliphatic heterocycles. The molecule has 3 aromatic heterocycles. The maximum absolute atomic E-state index is 4.70. The van der Waals surface area contributed by atoms with E-state index in [-0.39, 0.29) is 0 Å². The molecule has 0 N–H and O–H groups in total. The fourth-order valence-electron chi connectivity index (χ4n) is 2.36. The molecule has 0 aliphatic carbocycles. The van der Waals surface area contributed by atoms with E-state index in [1.165, 1.54) is 0 Å². The summed E-state index contributed by atoms with van der Waals surface area (Å²) in [6.07, 6.45) is 9.56. The average Bonchev–Trinajstić information content (AvgIpc) is 3.15. The van der Waals surface area contributed by atoms with Crippen LogP contribution >= 0.6 is 11.8 Å². The summed E-state index contributed by atoms with van der Waals surface area (Å²) in [5.74, 6) is 0.920. The zero-order chi connectivity index (χ0) is 15.5. The molecule has 22 heavy (non-hydrogen) atoms. The van der Waals surface area contributed by atoms with Crippen LogP contribution in [-0.4, -0.2) is 30.8 Å². The summed E-state index contributed by atoms with van der Waals surface area (Å²) >= 11 is 1.78. The van der Waals surface area contributed by atoms with Crippen molar-refractivity contribution < 1.29 is 0 Å². The van der Waals surface area contributed by atoms with Gasteiger partial charge in [0.2, 0.25) is 0 Å². The van der Waals surface area contributed by atoms with Crippen molar-refractivity contribution in [2.24, 2.45) is 0 Å². The number of hydrogen-bond donors (Lipinski definition) is 0. The molecule has 3 aromatic rings. The van der Waals surface area contributed by atoms with E-state index < -0.39 is 0 Å². The van der Waals surface area contributed by atoms with Gasteiger partial charge in [0.05, 0.1) is 29.5 Å². The largest absolute Gasteiger partial charge is 0.262 e. The minimum absolute atomic E-state index is 0.312. The maximum Gasteiger partial charge on any atom is 0.0828 e. The van der Waals surface area contributed by atoms with Crippen LogP contribution in [0.3, 0.4) is 0 Å². The number of aromatic nitrogens is 5. The molecular weight excluding hydrogens is 294 g/mol. The van der Waals surface area contributed by atoms with Gasteiger partial charge < -0.3 is 0 Å². The molecule has 0 bridgehead atoms. The first-order valence-corrected chi connectivity index (χ1v) is 8.61. The van der Waals surface area contributed by atoms with Gasteiger partial charge in [-0.25, -0.2) is 4.68 Å². The lowest BCUT2D eigenvalue weighted by molar-refractivity contribution is 0.534. The topological polar surface area (TPSA) is 48.5 Å². The Hall–Kier alpha value is -2.08. The van der Waals surface area contributed by atoms with Gasteiger partial charge >= 0.3 is 0 Å². The van der Waals surface area contributed by atoms with Gasteiger partial charge in [-0.3, -0.25) is 9.67 Å². The van der Waals surface area contributed by atoms with Gasteiger partial charge in [-0.2, -0.15) is 22.0 Å². The highest BCUT2D eigenvalue weighted by Crippen LogP contribution is 2.25. The van der Waals surface area contributed by atoms with Crippen LogP contribution in [0.2, 0.25) is 0 Å². The van der Waals surface area contributed by atoms with E-state index in [0.29, 0.717) is 6.04 Å². The van der Waals surface area contributed by atoms with Gasteiger partial charge in [0.25, 0.3) is 0 Å². The summed E-state index contributed by atoms with van der Waals surface area (Å²) in [7, 11) is 0. The predicted octanol–water partition coefficient (Wildman–Crippen LogP) is 3.57. The Kier molecular flexibility index (Phi) is 4.29. The quantitative estimate of drug-likeness (QED) is 0.722. The third-order valence-electron chi connectivity index (χ3n) is 3.36. The minimum atomic E-state index is 0.312. The maximum atomic E-state index is 4.70. The Morgan fingerprint density at radius 1 is 1.27 bits per heavy atom. The Balaban J connectivity index is 1.99. The van der Waals surface area contributed by atoms with Gasteiger partial charge in [-0.05, 0) is 38.3 Å². The lowest BCUT2D eigenvalue weighted by Gasteiger charge is -2.09. The first-order chi connectivity index (χ1) is 10.7. The fourth-order valence-corrected chi connectivity index (χ4v) is 2.80. The van der Waals surface area contributed by atoms with Crippen LogP contribution in [0.4, 0.5) is 0 Å². The molecular formula is C16H19N5S. The summed E-state index contributed by atoms with van der Waals surface area (Å²) in [4.78, 5) is 4.14. The zero-order valence-electron chi connectivity index (χ0n) is 13.0. The van der Waals surface area contributed by atoms with Gasteiger partial charge in [0.15, 0.2) is 0 Å². The molecule has 0 aromatic carbocycles. The van der Waals surface area contributed by atoms with Crippen molar-refractivity contribution in [1.29, 1.82) is 0 Å². The molecule has 0 aliphatic rings. The first-order valence-electron chi connectivity index (χ1n) is 7.22. The summed E-state index contributed by atoms with van der Waals surface area (Å²) in [6, 6.07) is 6.36.